The van der Waals surface area contributed by atoms with Crippen molar-refractivity contribution in [2.75, 3.05) is 5.32 Å². The zero-order chi connectivity index (χ0) is 13.2. The van der Waals surface area contributed by atoms with Crippen LogP contribution in [0.15, 0.2) is 42.7 Å². The Hall–Kier alpha value is -2.20. The summed E-state index contributed by atoms with van der Waals surface area (Å²) in [6.07, 6.45) is 3.70. The Labute approximate surface area is 115 Å². The molecule has 1 aromatic carbocycles. The first kappa shape index (κ1) is 11.9. The van der Waals surface area contributed by atoms with E-state index < -0.39 is 0 Å². The molecule has 0 saturated carbocycles. The van der Waals surface area contributed by atoms with Crippen molar-refractivity contribution in [1.82, 2.24) is 9.97 Å². The molecule has 96 valence electrons. The Morgan fingerprint density at radius 1 is 1.32 bits per heavy atom. The first-order valence-corrected chi connectivity index (χ1v) is 6.25. The standard InChI is InChI=1S/C14H12ClN3O/c15-12-6-10(3-4-13(12)19)17-7-9-8-18-14-11(9)2-1-5-16-14/h1-6,8,17,19H,7H2,(H,16,18). The molecule has 0 aliphatic rings. The maximum atomic E-state index is 9.36. The number of H-pyrrole nitrogens is 1. The van der Waals surface area contributed by atoms with Crippen molar-refractivity contribution in [2.24, 2.45) is 0 Å². The van der Waals surface area contributed by atoms with Gasteiger partial charge >= 0.3 is 0 Å². The van der Waals surface area contributed by atoms with Crippen LogP contribution >= 0.6 is 11.6 Å². The maximum absolute atomic E-state index is 9.36. The highest BCUT2D eigenvalue weighted by molar-refractivity contribution is 6.32. The van der Waals surface area contributed by atoms with Crippen LogP contribution in [0.2, 0.25) is 5.02 Å². The van der Waals surface area contributed by atoms with E-state index in [1.165, 1.54) is 0 Å². The summed E-state index contributed by atoms with van der Waals surface area (Å²) in [6, 6.07) is 9.00. The highest BCUT2D eigenvalue weighted by atomic mass is 35.5. The molecular formula is C14H12ClN3O. The zero-order valence-corrected chi connectivity index (χ0v) is 10.8. The number of hydrogen-bond donors (Lipinski definition) is 3. The minimum atomic E-state index is 0.0866. The second-order valence-electron chi connectivity index (χ2n) is 4.23. The average Bonchev–Trinajstić information content (AvgIpc) is 2.83. The summed E-state index contributed by atoms with van der Waals surface area (Å²) in [5, 5.41) is 14.1. The molecule has 0 unspecified atom stereocenters. The van der Waals surface area contributed by atoms with E-state index in [4.69, 9.17) is 11.6 Å². The molecule has 0 spiro atoms. The van der Waals surface area contributed by atoms with Gasteiger partial charge in [0.05, 0.1) is 5.02 Å². The van der Waals surface area contributed by atoms with Crippen LogP contribution in [0, 0.1) is 0 Å². The van der Waals surface area contributed by atoms with E-state index in [0.717, 1.165) is 22.3 Å². The molecule has 0 atom stereocenters. The molecule has 4 nitrogen and oxygen atoms in total. The minimum Gasteiger partial charge on any atom is -0.506 e. The number of nitrogens with zero attached hydrogens (tertiary/aromatic N) is 1. The zero-order valence-electron chi connectivity index (χ0n) is 10.0. The second kappa shape index (κ2) is 4.82. The lowest BCUT2D eigenvalue weighted by Gasteiger charge is -2.06. The van der Waals surface area contributed by atoms with Gasteiger partial charge in [-0.25, -0.2) is 4.98 Å². The summed E-state index contributed by atoms with van der Waals surface area (Å²) in [5.74, 6) is 0.0866. The van der Waals surface area contributed by atoms with E-state index >= 15 is 0 Å². The Morgan fingerprint density at radius 2 is 2.21 bits per heavy atom. The molecule has 0 aliphatic heterocycles. The fourth-order valence-electron chi connectivity index (χ4n) is 1.97. The molecule has 0 aliphatic carbocycles. The molecule has 19 heavy (non-hydrogen) atoms. The molecule has 5 heteroatoms. The van der Waals surface area contributed by atoms with Crippen LogP contribution in [0.4, 0.5) is 5.69 Å². The van der Waals surface area contributed by atoms with Crippen LogP contribution in [-0.2, 0) is 6.54 Å². The molecule has 2 aromatic heterocycles. The number of aromatic hydroxyl groups is 1. The minimum absolute atomic E-state index is 0.0866. The van der Waals surface area contributed by atoms with E-state index in [9.17, 15) is 5.11 Å². The molecule has 0 saturated heterocycles. The first-order chi connectivity index (χ1) is 9.24. The van der Waals surface area contributed by atoms with Crippen LogP contribution in [0.25, 0.3) is 11.0 Å². The largest absolute Gasteiger partial charge is 0.506 e. The Bertz CT molecular complexity index is 724. The van der Waals surface area contributed by atoms with Gasteiger partial charge in [-0.3, -0.25) is 0 Å². The fraction of sp³-hybridized carbons (Fsp3) is 0.0714. The van der Waals surface area contributed by atoms with Crippen molar-refractivity contribution in [2.45, 2.75) is 6.54 Å². The summed E-state index contributed by atoms with van der Waals surface area (Å²) in [6.45, 7) is 0.660. The van der Waals surface area contributed by atoms with Gasteiger partial charge in [-0.05, 0) is 35.9 Å². The van der Waals surface area contributed by atoms with E-state index in [-0.39, 0.29) is 5.75 Å². The number of aromatic nitrogens is 2. The number of phenols is 1. The lowest BCUT2D eigenvalue weighted by atomic mass is 10.2. The van der Waals surface area contributed by atoms with E-state index in [0.29, 0.717) is 11.6 Å². The number of rotatable bonds is 3. The van der Waals surface area contributed by atoms with Gasteiger partial charge in [0.1, 0.15) is 11.4 Å². The van der Waals surface area contributed by atoms with E-state index in [2.05, 4.69) is 15.3 Å². The number of benzene rings is 1. The van der Waals surface area contributed by atoms with Gasteiger partial charge in [-0.2, -0.15) is 0 Å². The first-order valence-electron chi connectivity index (χ1n) is 5.87. The quantitative estimate of drug-likeness (QED) is 0.640. The molecule has 3 rings (SSSR count). The predicted molar refractivity (Wildman–Crippen MR) is 76.5 cm³/mol. The van der Waals surface area contributed by atoms with Crippen molar-refractivity contribution in [3.63, 3.8) is 0 Å². The number of fused-ring (bicyclic) bond motifs is 1. The smallest absolute Gasteiger partial charge is 0.137 e. The number of pyridine rings is 1. The topological polar surface area (TPSA) is 60.9 Å². The van der Waals surface area contributed by atoms with Gasteiger partial charge in [0.25, 0.3) is 0 Å². The number of anilines is 1. The average molecular weight is 274 g/mol. The molecule has 0 amide bonds. The number of nitrogens with one attached hydrogen (secondary N) is 2. The van der Waals surface area contributed by atoms with Crippen molar-refractivity contribution >= 4 is 28.3 Å². The highest BCUT2D eigenvalue weighted by Crippen LogP contribution is 2.26. The van der Waals surface area contributed by atoms with Crippen LogP contribution in [0.5, 0.6) is 5.75 Å². The lowest BCUT2D eigenvalue weighted by molar-refractivity contribution is 0.475. The number of phenolic OH excluding ortho intramolecular Hbond substituents is 1. The van der Waals surface area contributed by atoms with Gasteiger partial charge in [0.2, 0.25) is 0 Å². The lowest BCUT2D eigenvalue weighted by Crippen LogP contribution is -1.98. The van der Waals surface area contributed by atoms with Crippen molar-refractivity contribution in [3.8, 4) is 5.75 Å². The predicted octanol–water partition coefficient (Wildman–Crippen LogP) is 3.53. The maximum Gasteiger partial charge on any atom is 0.137 e. The molecule has 0 radical (unpaired) electrons. The van der Waals surface area contributed by atoms with Gasteiger partial charge < -0.3 is 15.4 Å². The Morgan fingerprint density at radius 3 is 3.05 bits per heavy atom. The van der Waals surface area contributed by atoms with Crippen LogP contribution in [0.1, 0.15) is 5.56 Å². The summed E-state index contributed by atoms with van der Waals surface area (Å²) >= 11 is 5.86. The van der Waals surface area contributed by atoms with Gasteiger partial charge in [0, 0.05) is 30.0 Å². The van der Waals surface area contributed by atoms with Gasteiger partial charge in [-0.15, -0.1) is 0 Å². The summed E-state index contributed by atoms with van der Waals surface area (Å²) in [4.78, 5) is 7.37. The van der Waals surface area contributed by atoms with Crippen LogP contribution < -0.4 is 5.32 Å². The number of aromatic amines is 1. The third-order valence-corrected chi connectivity index (χ3v) is 3.27. The number of hydrogen-bond acceptors (Lipinski definition) is 3. The second-order valence-corrected chi connectivity index (χ2v) is 4.64. The van der Waals surface area contributed by atoms with Crippen LogP contribution in [0.3, 0.4) is 0 Å². The third kappa shape index (κ3) is 2.35. The molecule has 2 heterocycles. The molecule has 0 fully saturated rings. The van der Waals surface area contributed by atoms with Crippen molar-refractivity contribution < 1.29 is 5.11 Å². The Kier molecular flexibility index (Phi) is 3.01. The highest BCUT2D eigenvalue weighted by Gasteiger charge is 2.04. The Balaban J connectivity index is 1.80. The van der Waals surface area contributed by atoms with E-state index in [1.807, 2.05) is 18.3 Å². The molecule has 3 N–H and O–H groups in total. The SMILES string of the molecule is Oc1ccc(NCc2c[nH]c3ncccc23)cc1Cl. The van der Waals surface area contributed by atoms with Crippen molar-refractivity contribution in [3.05, 3.63) is 53.3 Å². The molecular weight excluding hydrogens is 262 g/mol. The summed E-state index contributed by atoms with van der Waals surface area (Å²) in [5.41, 5.74) is 2.87. The monoisotopic (exact) mass is 273 g/mol. The summed E-state index contributed by atoms with van der Waals surface area (Å²) < 4.78 is 0. The fourth-order valence-corrected chi connectivity index (χ4v) is 2.15. The number of halogens is 1. The molecule has 3 aromatic rings. The third-order valence-electron chi connectivity index (χ3n) is 2.97. The van der Waals surface area contributed by atoms with Gasteiger partial charge in [-0.1, -0.05) is 11.6 Å². The summed E-state index contributed by atoms with van der Waals surface area (Å²) in [7, 11) is 0. The van der Waals surface area contributed by atoms with Crippen molar-refractivity contribution in [1.29, 1.82) is 0 Å². The van der Waals surface area contributed by atoms with Crippen LogP contribution in [-0.4, -0.2) is 15.1 Å². The van der Waals surface area contributed by atoms with Gasteiger partial charge in [0.15, 0.2) is 0 Å². The van der Waals surface area contributed by atoms with E-state index in [1.54, 1.807) is 24.4 Å². The normalized spacial score (nSPS) is 10.8. The molecule has 0 bridgehead atoms.